The summed E-state index contributed by atoms with van der Waals surface area (Å²) in [4.78, 5) is 0. The molecule has 3 atom stereocenters. The molecule has 3 unspecified atom stereocenters. The van der Waals surface area contributed by atoms with E-state index in [9.17, 15) is 5.11 Å². The molecule has 0 radical (unpaired) electrons. The van der Waals surface area contributed by atoms with Crippen LogP contribution in [0.1, 0.15) is 39.0 Å². The molecule has 1 N–H and O–H groups in total. The van der Waals surface area contributed by atoms with Crippen molar-refractivity contribution < 1.29 is 14.6 Å². The first-order valence-electron chi connectivity index (χ1n) is 6.17. The van der Waals surface area contributed by atoms with Crippen LogP contribution in [0.25, 0.3) is 0 Å². The van der Waals surface area contributed by atoms with Crippen LogP contribution in [0.4, 0.5) is 0 Å². The fourth-order valence-electron chi connectivity index (χ4n) is 2.59. The van der Waals surface area contributed by atoms with E-state index < -0.39 is 0 Å². The second-order valence-electron chi connectivity index (χ2n) is 4.92. The minimum Gasteiger partial charge on any atom is -0.390 e. The largest absolute Gasteiger partial charge is 0.390 e. The lowest BCUT2D eigenvalue weighted by Crippen LogP contribution is -2.30. The van der Waals surface area contributed by atoms with Gasteiger partial charge in [-0.2, -0.15) is 0 Å². The Morgan fingerprint density at radius 2 is 1.93 bits per heavy atom. The Morgan fingerprint density at radius 1 is 1.20 bits per heavy atom. The van der Waals surface area contributed by atoms with E-state index >= 15 is 0 Å². The first-order valence-corrected chi connectivity index (χ1v) is 6.17. The van der Waals surface area contributed by atoms with E-state index in [4.69, 9.17) is 9.47 Å². The van der Waals surface area contributed by atoms with Crippen LogP contribution in [0, 0.1) is 5.92 Å². The van der Waals surface area contributed by atoms with Crippen molar-refractivity contribution in [3.05, 3.63) is 0 Å². The summed E-state index contributed by atoms with van der Waals surface area (Å²) in [5, 5.41) is 10.1. The number of hydrogen-bond acceptors (Lipinski definition) is 3. The van der Waals surface area contributed by atoms with Crippen LogP contribution in [0.15, 0.2) is 0 Å². The van der Waals surface area contributed by atoms with E-state index in [1.807, 2.05) is 0 Å². The number of hydrogen-bond donors (Lipinski definition) is 1. The normalized spacial score (nSPS) is 35.6. The smallest absolute Gasteiger partial charge is 0.0838 e. The molecule has 0 saturated carbocycles. The van der Waals surface area contributed by atoms with Gasteiger partial charge in [0.1, 0.15) is 0 Å². The van der Waals surface area contributed by atoms with Gasteiger partial charge >= 0.3 is 0 Å². The van der Waals surface area contributed by atoms with Gasteiger partial charge < -0.3 is 14.6 Å². The highest BCUT2D eigenvalue weighted by Crippen LogP contribution is 2.27. The monoisotopic (exact) mass is 214 g/mol. The van der Waals surface area contributed by atoms with Crippen LogP contribution in [0.5, 0.6) is 0 Å². The summed E-state index contributed by atoms with van der Waals surface area (Å²) in [5.41, 5.74) is 0. The van der Waals surface area contributed by atoms with Gasteiger partial charge in [-0.25, -0.2) is 0 Å². The molecular weight excluding hydrogens is 192 g/mol. The molecule has 2 aliphatic heterocycles. The molecule has 3 nitrogen and oxygen atoms in total. The van der Waals surface area contributed by atoms with Gasteiger partial charge in [0.15, 0.2) is 0 Å². The topological polar surface area (TPSA) is 38.7 Å². The molecule has 0 amide bonds. The summed E-state index contributed by atoms with van der Waals surface area (Å²) in [6.45, 7) is 3.81. The lowest BCUT2D eigenvalue weighted by molar-refractivity contribution is -0.0453. The van der Waals surface area contributed by atoms with Gasteiger partial charge in [-0.15, -0.1) is 0 Å². The first kappa shape index (κ1) is 11.4. The standard InChI is InChI=1S/C12H22O3/c1-9-2-3-12(15-9)11(13)8-10-4-6-14-7-5-10/h9-13H,2-8H2,1H3. The van der Waals surface area contributed by atoms with Crippen molar-refractivity contribution in [2.45, 2.75) is 57.3 Å². The number of aliphatic hydroxyl groups excluding tert-OH is 1. The number of aliphatic hydroxyl groups is 1. The molecule has 2 heterocycles. The third-order valence-electron chi connectivity index (χ3n) is 3.61. The average Bonchev–Trinajstić information content (AvgIpc) is 2.66. The van der Waals surface area contributed by atoms with Crippen molar-refractivity contribution in [1.82, 2.24) is 0 Å². The Labute approximate surface area is 91.8 Å². The van der Waals surface area contributed by atoms with Gasteiger partial charge in [0.25, 0.3) is 0 Å². The molecule has 0 aromatic carbocycles. The zero-order valence-electron chi connectivity index (χ0n) is 9.52. The highest BCUT2D eigenvalue weighted by Gasteiger charge is 2.30. The maximum atomic E-state index is 10.1. The molecule has 2 aliphatic rings. The third kappa shape index (κ3) is 3.16. The quantitative estimate of drug-likeness (QED) is 0.777. The molecule has 88 valence electrons. The molecule has 0 aromatic rings. The van der Waals surface area contributed by atoms with Gasteiger partial charge in [-0.3, -0.25) is 0 Å². The maximum absolute atomic E-state index is 10.1. The van der Waals surface area contributed by atoms with Crippen molar-refractivity contribution in [2.75, 3.05) is 13.2 Å². The number of ether oxygens (including phenoxy) is 2. The molecule has 2 rings (SSSR count). The molecule has 2 saturated heterocycles. The van der Waals surface area contributed by atoms with Crippen molar-refractivity contribution in [3.8, 4) is 0 Å². The van der Waals surface area contributed by atoms with Crippen molar-refractivity contribution in [3.63, 3.8) is 0 Å². The molecule has 0 bridgehead atoms. The molecular formula is C12H22O3. The van der Waals surface area contributed by atoms with Gasteiger partial charge in [0.2, 0.25) is 0 Å². The predicted molar refractivity (Wildman–Crippen MR) is 57.7 cm³/mol. The first-order chi connectivity index (χ1) is 7.25. The van der Waals surface area contributed by atoms with Crippen LogP contribution >= 0.6 is 0 Å². The van der Waals surface area contributed by atoms with Crippen LogP contribution < -0.4 is 0 Å². The zero-order valence-corrected chi connectivity index (χ0v) is 9.52. The van der Waals surface area contributed by atoms with Crippen LogP contribution in [0.2, 0.25) is 0 Å². The third-order valence-corrected chi connectivity index (χ3v) is 3.61. The minimum atomic E-state index is -0.266. The Kier molecular flexibility index (Phi) is 4.00. The second kappa shape index (κ2) is 5.28. The van der Waals surface area contributed by atoms with Crippen molar-refractivity contribution in [1.29, 1.82) is 0 Å². The fourth-order valence-corrected chi connectivity index (χ4v) is 2.59. The summed E-state index contributed by atoms with van der Waals surface area (Å²) in [6.07, 6.45) is 5.35. The van der Waals surface area contributed by atoms with E-state index in [0.29, 0.717) is 12.0 Å². The SMILES string of the molecule is CC1CCC(C(O)CC2CCOCC2)O1. The van der Waals surface area contributed by atoms with E-state index in [0.717, 1.165) is 45.3 Å². The molecule has 3 heteroatoms. The minimum absolute atomic E-state index is 0.0860. The van der Waals surface area contributed by atoms with Gasteiger partial charge in [-0.05, 0) is 44.9 Å². The Bertz CT molecular complexity index is 189. The summed E-state index contributed by atoms with van der Waals surface area (Å²) in [6, 6.07) is 0. The Balaban J connectivity index is 1.73. The summed E-state index contributed by atoms with van der Waals surface area (Å²) >= 11 is 0. The van der Waals surface area contributed by atoms with Crippen LogP contribution in [-0.2, 0) is 9.47 Å². The zero-order chi connectivity index (χ0) is 10.7. The van der Waals surface area contributed by atoms with E-state index in [2.05, 4.69) is 6.92 Å². The molecule has 0 spiro atoms. The summed E-state index contributed by atoms with van der Waals surface area (Å²) in [5.74, 6) is 0.633. The second-order valence-corrected chi connectivity index (χ2v) is 4.92. The number of rotatable bonds is 3. The molecule has 15 heavy (non-hydrogen) atoms. The molecule has 2 fully saturated rings. The molecule has 0 aromatic heterocycles. The lowest BCUT2D eigenvalue weighted by Gasteiger charge is -2.26. The average molecular weight is 214 g/mol. The van der Waals surface area contributed by atoms with Crippen molar-refractivity contribution >= 4 is 0 Å². The van der Waals surface area contributed by atoms with E-state index in [1.165, 1.54) is 0 Å². The summed E-state index contributed by atoms with van der Waals surface area (Å²) < 4.78 is 11.0. The summed E-state index contributed by atoms with van der Waals surface area (Å²) in [7, 11) is 0. The van der Waals surface area contributed by atoms with E-state index in [1.54, 1.807) is 0 Å². The molecule has 0 aliphatic carbocycles. The van der Waals surface area contributed by atoms with Crippen LogP contribution in [-0.4, -0.2) is 36.6 Å². The predicted octanol–water partition coefficient (Wildman–Crippen LogP) is 1.73. The lowest BCUT2D eigenvalue weighted by atomic mass is 9.91. The fraction of sp³-hybridized carbons (Fsp3) is 1.00. The highest BCUT2D eigenvalue weighted by atomic mass is 16.5. The highest BCUT2D eigenvalue weighted by molar-refractivity contribution is 4.80. The van der Waals surface area contributed by atoms with Crippen LogP contribution in [0.3, 0.4) is 0 Å². The van der Waals surface area contributed by atoms with Gasteiger partial charge in [0, 0.05) is 13.2 Å². The Morgan fingerprint density at radius 3 is 2.53 bits per heavy atom. The van der Waals surface area contributed by atoms with Crippen molar-refractivity contribution in [2.24, 2.45) is 5.92 Å². The van der Waals surface area contributed by atoms with Gasteiger partial charge in [0.05, 0.1) is 18.3 Å². The van der Waals surface area contributed by atoms with E-state index in [-0.39, 0.29) is 12.2 Å². The maximum Gasteiger partial charge on any atom is 0.0838 e. The Hall–Kier alpha value is -0.120. The van der Waals surface area contributed by atoms with Gasteiger partial charge in [-0.1, -0.05) is 0 Å².